The average molecular weight is 580 g/mol. The molecule has 11 nitrogen and oxygen atoms in total. The standard InChI is InChI=1S/C28H41N3O8S/c1-28(2,3)39-27(36)29-22-13-16-30(17-14-22)24(32)12-11-21(25(33)31-15-7-10-23(31)26(34)35)19-40(37,38)18-20-8-5-4-6-9-20/h4-6,8-9,21-23H,7,10-19H2,1-3H3,(H,29,36)(H,34,35)/t21-,23-/m0/s1. The Morgan fingerprint density at radius 2 is 1.70 bits per heavy atom. The van der Waals surface area contributed by atoms with Crippen molar-refractivity contribution >= 4 is 33.7 Å². The molecule has 2 saturated heterocycles. The van der Waals surface area contributed by atoms with Gasteiger partial charge in [0.2, 0.25) is 11.8 Å². The molecule has 3 amide bonds. The maximum absolute atomic E-state index is 13.4. The first-order valence-electron chi connectivity index (χ1n) is 13.8. The van der Waals surface area contributed by atoms with Crippen molar-refractivity contribution in [3.63, 3.8) is 0 Å². The minimum Gasteiger partial charge on any atom is -0.480 e. The van der Waals surface area contributed by atoms with Crippen LogP contribution < -0.4 is 5.32 Å². The van der Waals surface area contributed by atoms with Gasteiger partial charge in [-0.05, 0) is 58.4 Å². The van der Waals surface area contributed by atoms with Crippen molar-refractivity contribution in [1.82, 2.24) is 15.1 Å². The number of carboxylic acids is 1. The number of carbonyl (C=O) groups excluding carboxylic acids is 3. The van der Waals surface area contributed by atoms with Crippen LogP contribution in [-0.4, -0.2) is 90.3 Å². The summed E-state index contributed by atoms with van der Waals surface area (Å²) in [5.74, 6) is -3.58. The first-order chi connectivity index (χ1) is 18.7. The molecule has 0 unspecified atom stereocenters. The lowest BCUT2D eigenvalue weighted by molar-refractivity contribution is -0.150. The van der Waals surface area contributed by atoms with Crippen molar-refractivity contribution in [2.75, 3.05) is 25.4 Å². The zero-order valence-electron chi connectivity index (χ0n) is 23.5. The van der Waals surface area contributed by atoms with E-state index in [2.05, 4.69) is 5.32 Å². The fourth-order valence-corrected chi connectivity index (χ4v) is 6.94. The topological polar surface area (TPSA) is 150 Å². The van der Waals surface area contributed by atoms with Crippen LogP contribution in [0.15, 0.2) is 30.3 Å². The molecular formula is C28H41N3O8S. The maximum Gasteiger partial charge on any atom is 0.407 e. The number of likely N-dealkylation sites (tertiary alicyclic amines) is 2. The Bertz CT molecular complexity index is 1160. The molecule has 0 saturated carbocycles. The number of nitrogens with one attached hydrogen (secondary N) is 1. The fourth-order valence-electron chi connectivity index (χ4n) is 5.20. The zero-order valence-corrected chi connectivity index (χ0v) is 24.3. The number of piperidine rings is 1. The number of ether oxygens (including phenoxy) is 1. The molecule has 0 aromatic heterocycles. The monoisotopic (exact) mass is 579 g/mol. The van der Waals surface area contributed by atoms with Gasteiger partial charge in [-0.15, -0.1) is 0 Å². The van der Waals surface area contributed by atoms with E-state index in [0.29, 0.717) is 44.3 Å². The molecule has 2 fully saturated rings. The van der Waals surface area contributed by atoms with Gasteiger partial charge in [-0.2, -0.15) is 0 Å². The van der Waals surface area contributed by atoms with Crippen LogP contribution in [-0.2, 0) is 34.7 Å². The van der Waals surface area contributed by atoms with Crippen molar-refractivity contribution < 1.29 is 37.4 Å². The van der Waals surface area contributed by atoms with Crippen LogP contribution in [0.5, 0.6) is 0 Å². The number of carboxylic acid groups (broad SMARTS) is 1. The van der Waals surface area contributed by atoms with Crippen LogP contribution >= 0.6 is 0 Å². The molecule has 0 spiro atoms. The van der Waals surface area contributed by atoms with E-state index in [1.54, 1.807) is 56.0 Å². The summed E-state index contributed by atoms with van der Waals surface area (Å²) >= 11 is 0. The highest BCUT2D eigenvalue weighted by atomic mass is 32.2. The molecule has 2 N–H and O–H groups in total. The highest BCUT2D eigenvalue weighted by molar-refractivity contribution is 7.90. The van der Waals surface area contributed by atoms with Crippen molar-refractivity contribution in [3.05, 3.63) is 35.9 Å². The third kappa shape index (κ3) is 9.50. The molecule has 222 valence electrons. The van der Waals surface area contributed by atoms with Crippen molar-refractivity contribution in [1.29, 1.82) is 0 Å². The van der Waals surface area contributed by atoms with E-state index < -0.39 is 51.1 Å². The third-order valence-electron chi connectivity index (χ3n) is 7.13. The lowest BCUT2D eigenvalue weighted by atomic mass is 10.0. The lowest BCUT2D eigenvalue weighted by Gasteiger charge is -2.33. The van der Waals surface area contributed by atoms with Crippen molar-refractivity contribution in [3.8, 4) is 0 Å². The molecule has 0 bridgehead atoms. The number of benzene rings is 1. The van der Waals surface area contributed by atoms with Crippen LogP contribution in [0.25, 0.3) is 0 Å². The van der Waals surface area contributed by atoms with Gasteiger partial charge in [0.15, 0.2) is 9.84 Å². The predicted molar refractivity (Wildman–Crippen MR) is 148 cm³/mol. The number of alkyl carbamates (subject to hydrolysis) is 1. The predicted octanol–water partition coefficient (Wildman–Crippen LogP) is 2.59. The average Bonchev–Trinajstić information content (AvgIpc) is 3.36. The van der Waals surface area contributed by atoms with Crippen LogP contribution in [0.4, 0.5) is 4.79 Å². The Kier molecular flexibility index (Phi) is 10.6. The lowest BCUT2D eigenvalue weighted by Crippen LogP contribution is -2.48. The number of sulfone groups is 1. The van der Waals surface area contributed by atoms with Gasteiger partial charge in [-0.25, -0.2) is 18.0 Å². The first kappa shape index (κ1) is 31.4. The number of carbonyl (C=O) groups is 4. The Morgan fingerprint density at radius 3 is 2.30 bits per heavy atom. The van der Waals surface area contributed by atoms with E-state index in [9.17, 15) is 32.7 Å². The molecule has 0 aliphatic carbocycles. The minimum atomic E-state index is -3.72. The third-order valence-corrected chi connectivity index (χ3v) is 8.81. The molecule has 3 rings (SSSR count). The molecule has 2 atom stereocenters. The summed E-state index contributed by atoms with van der Waals surface area (Å²) in [6.07, 6.45) is 1.40. The van der Waals surface area contributed by atoms with E-state index in [1.807, 2.05) is 0 Å². The number of amides is 3. The molecule has 2 aliphatic rings. The van der Waals surface area contributed by atoms with Crippen molar-refractivity contribution in [2.24, 2.45) is 5.92 Å². The van der Waals surface area contributed by atoms with Gasteiger partial charge in [-0.3, -0.25) is 9.59 Å². The Balaban J connectivity index is 1.61. The molecule has 2 heterocycles. The van der Waals surface area contributed by atoms with Gasteiger partial charge >= 0.3 is 12.1 Å². The summed E-state index contributed by atoms with van der Waals surface area (Å²) in [4.78, 5) is 53.1. The van der Waals surface area contributed by atoms with E-state index in [0.717, 1.165) is 0 Å². The molecule has 1 aromatic rings. The number of hydrogen-bond donors (Lipinski definition) is 2. The summed E-state index contributed by atoms with van der Waals surface area (Å²) < 4.78 is 31.4. The highest BCUT2D eigenvalue weighted by Gasteiger charge is 2.39. The molecule has 40 heavy (non-hydrogen) atoms. The van der Waals surface area contributed by atoms with E-state index >= 15 is 0 Å². The quantitative estimate of drug-likeness (QED) is 0.429. The maximum atomic E-state index is 13.4. The number of rotatable bonds is 10. The number of nitrogens with zero attached hydrogens (tertiary/aromatic N) is 2. The summed E-state index contributed by atoms with van der Waals surface area (Å²) in [5.41, 5.74) is -0.0136. The van der Waals surface area contributed by atoms with Gasteiger partial charge in [0.1, 0.15) is 11.6 Å². The van der Waals surface area contributed by atoms with Crippen molar-refractivity contribution in [2.45, 2.75) is 82.7 Å². The van der Waals surface area contributed by atoms with Gasteiger partial charge in [0, 0.05) is 32.1 Å². The Morgan fingerprint density at radius 1 is 1.05 bits per heavy atom. The summed E-state index contributed by atoms with van der Waals surface area (Å²) in [7, 11) is -3.72. The second-order valence-electron chi connectivity index (χ2n) is 11.6. The largest absolute Gasteiger partial charge is 0.480 e. The summed E-state index contributed by atoms with van der Waals surface area (Å²) in [5, 5.41) is 12.4. The normalized spacial score (nSPS) is 19.2. The number of aliphatic carboxylic acids is 1. The molecule has 1 aromatic carbocycles. The van der Waals surface area contributed by atoms with Crippen LogP contribution in [0.3, 0.4) is 0 Å². The highest BCUT2D eigenvalue weighted by Crippen LogP contribution is 2.25. The first-order valence-corrected chi connectivity index (χ1v) is 15.6. The van der Waals surface area contributed by atoms with Crippen LogP contribution in [0, 0.1) is 5.92 Å². The Hall–Kier alpha value is -3.15. The summed E-state index contributed by atoms with van der Waals surface area (Å²) in [6, 6.07) is 7.53. The van der Waals surface area contributed by atoms with E-state index in [4.69, 9.17) is 4.74 Å². The van der Waals surface area contributed by atoms with Crippen LogP contribution in [0.1, 0.15) is 64.9 Å². The van der Waals surface area contributed by atoms with E-state index in [-0.39, 0.29) is 37.1 Å². The minimum absolute atomic E-state index is 0.00458. The summed E-state index contributed by atoms with van der Waals surface area (Å²) in [6.45, 7) is 6.42. The molecular weight excluding hydrogens is 538 g/mol. The molecule has 2 aliphatic heterocycles. The zero-order chi connectivity index (χ0) is 29.5. The smallest absolute Gasteiger partial charge is 0.407 e. The van der Waals surface area contributed by atoms with Gasteiger partial charge in [0.05, 0.1) is 17.4 Å². The van der Waals surface area contributed by atoms with E-state index in [1.165, 1.54) is 4.90 Å². The second-order valence-corrected chi connectivity index (χ2v) is 13.7. The molecule has 12 heteroatoms. The number of hydrogen-bond acceptors (Lipinski definition) is 7. The van der Waals surface area contributed by atoms with Crippen LogP contribution in [0.2, 0.25) is 0 Å². The Labute approximate surface area is 236 Å². The van der Waals surface area contributed by atoms with Gasteiger partial charge in [0.25, 0.3) is 0 Å². The van der Waals surface area contributed by atoms with Gasteiger partial charge < -0.3 is 25.0 Å². The fraction of sp³-hybridized carbons (Fsp3) is 0.643. The SMILES string of the molecule is CC(C)(C)OC(=O)NC1CCN(C(=O)CC[C@@H](CS(=O)(=O)Cc2ccccc2)C(=O)N2CCC[C@H]2C(=O)O)CC1. The molecule has 0 radical (unpaired) electrons. The van der Waals surface area contributed by atoms with Gasteiger partial charge in [-0.1, -0.05) is 30.3 Å². The second kappa shape index (κ2) is 13.5.